The van der Waals surface area contributed by atoms with Crippen LogP contribution in [0, 0.1) is 0 Å². The van der Waals surface area contributed by atoms with Crippen LogP contribution in [0.3, 0.4) is 0 Å². The van der Waals surface area contributed by atoms with Gasteiger partial charge in [-0.2, -0.15) is 0 Å². The molecule has 5 aromatic carbocycles. The second-order valence-corrected chi connectivity index (χ2v) is 13.6. The highest BCUT2D eigenvalue weighted by Crippen LogP contribution is 2.46. The van der Waals surface area contributed by atoms with Gasteiger partial charge < -0.3 is 32.1 Å². The molecule has 0 radical (unpaired) electrons. The van der Waals surface area contributed by atoms with E-state index in [9.17, 15) is 4.79 Å². The summed E-state index contributed by atoms with van der Waals surface area (Å²) < 4.78 is 42.2. The van der Waals surface area contributed by atoms with E-state index >= 15 is 0 Å². The van der Waals surface area contributed by atoms with Gasteiger partial charge in [-0.15, -0.1) is 6.58 Å². The number of hydrogen-bond donors (Lipinski definition) is 0. The molecule has 8 nitrogen and oxygen atoms in total. The summed E-state index contributed by atoms with van der Waals surface area (Å²) >= 11 is 0. The number of rotatable bonds is 19. The van der Waals surface area contributed by atoms with Crippen molar-refractivity contribution >= 4 is 22.8 Å². The van der Waals surface area contributed by atoms with E-state index < -0.39 is 17.0 Å². The molecular weight excluding hydrogens is 706 g/mol. The Labute approximate surface area is 315 Å². The predicted octanol–water partition coefficient (Wildman–Crippen LogP) is 12.4. The first-order chi connectivity index (χ1) is 26.0. The standard InChI is InChI=1S/C36H34O8P2.C7H12/c1-4-24-45(40-27-14-8-5-9-15-27)43-34-25-30(38-2)20-22-32(34)36(37)33-23-21-31(39-3)26-35(33)44-46(41-28-16-10-6-11-17-28)42-29-18-12-7-13-19-29;1-3-5-7-6-4-2/h5-23,25-26H,4,24H2,1-3H3;3-4,6H,1,5,7H2,2H3/b;6-4-. The maximum atomic E-state index is 14.3. The Hall–Kier alpha value is -5.29. The molecule has 0 spiro atoms. The topological polar surface area (TPSA) is 81.7 Å². The molecule has 0 aliphatic rings. The van der Waals surface area contributed by atoms with Gasteiger partial charge in [-0.3, -0.25) is 4.79 Å². The zero-order valence-corrected chi connectivity index (χ0v) is 32.3. The van der Waals surface area contributed by atoms with Crippen molar-refractivity contribution in [3.63, 3.8) is 0 Å². The van der Waals surface area contributed by atoms with Crippen LogP contribution in [0.15, 0.2) is 152 Å². The summed E-state index contributed by atoms with van der Waals surface area (Å²) in [5.74, 6) is 3.05. The van der Waals surface area contributed by atoms with Gasteiger partial charge in [0.2, 0.25) is 5.78 Å². The van der Waals surface area contributed by atoms with Gasteiger partial charge in [-0.25, -0.2) is 0 Å². The average Bonchev–Trinajstić information content (AvgIpc) is 3.19. The van der Waals surface area contributed by atoms with Gasteiger partial charge in [0.05, 0.1) is 25.3 Å². The molecule has 0 saturated heterocycles. The number of allylic oxidation sites excluding steroid dienone is 3. The van der Waals surface area contributed by atoms with Crippen LogP contribution in [0.1, 0.15) is 49.0 Å². The van der Waals surface area contributed by atoms with Gasteiger partial charge in [0.15, 0.2) is 0 Å². The maximum Gasteiger partial charge on any atom is 0.530 e. The molecule has 5 rings (SSSR count). The lowest BCUT2D eigenvalue weighted by Crippen LogP contribution is -2.10. The second kappa shape index (κ2) is 22.6. The first-order valence-corrected chi connectivity index (χ1v) is 19.7. The Morgan fingerprint density at radius 1 is 0.604 bits per heavy atom. The molecule has 1 atom stereocenters. The van der Waals surface area contributed by atoms with E-state index in [1.54, 1.807) is 74.9 Å². The van der Waals surface area contributed by atoms with E-state index in [4.69, 9.17) is 32.1 Å². The van der Waals surface area contributed by atoms with Gasteiger partial charge in [-0.1, -0.05) is 79.7 Å². The second-order valence-electron chi connectivity index (χ2n) is 11.2. The summed E-state index contributed by atoms with van der Waals surface area (Å²) in [5.41, 5.74) is 0.578. The molecule has 10 heteroatoms. The fraction of sp³-hybridized carbons (Fsp3) is 0.186. The molecule has 0 saturated carbocycles. The summed E-state index contributed by atoms with van der Waals surface area (Å²) in [6, 6.07) is 38.0. The van der Waals surface area contributed by atoms with Crippen LogP contribution in [0.5, 0.6) is 40.2 Å². The van der Waals surface area contributed by atoms with Crippen molar-refractivity contribution in [2.45, 2.75) is 33.1 Å². The lowest BCUT2D eigenvalue weighted by atomic mass is 10.0. The lowest BCUT2D eigenvalue weighted by Gasteiger charge is -2.21. The number of para-hydroxylation sites is 3. The van der Waals surface area contributed by atoms with Crippen molar-refractivity contribution < 1.29 is 36.9 Å². The van der Waals surface area contributed by atoms with Crippen LogP contribution >= 0.6 is 17.0 Å². The van der Waals surface area contributed by atoms with E-state index in [-0.39, 0.29) is 17.1 Å². The summed E-state index contributed by atoms with van der Waals surface area (Å²) in [6.07, 6.45) is 9.86. The van der Waals surface area contributed by atoms with E-state index in [0.29, 0.717) is 46.2 Å². The first kappa shape index (κ1) is 40.5. The molecule has 0 aliphatic heterocycles. The van der Waals surface area contributed by atoms with Crippen LogP contribution in [-0.2, 0) is 0 Å². The first-order valence-electron chi connectivity index (χ1n) is 17.2. The average molecular weight is 753 g/mol. The van der Waals surface area contributed by atoms with Gasteiger partial charge in [0.1, 0.15) is 40.2 Å². The quantitative estimate of drug-likeness (QED) is 0.0357. The summed E-state index contributed by atoms with van der Waals surface area (Å²) in [4.78, 5) is 14.3. The van der Waals surface area contributed by atoms with Gasteiger partial charge >= 0.3 is 8.60 Å². The van der Waals surface area contributed by atoms with Crippen LogP contribution in [-0.4, -0.2) is 26.2 Å². The van der Waals surface area contributed by atoms with Crippen molar-refractivity contribution in [1.29, 1.82) is 0 Å². The minimum Gasteiger partial charge on any atom is -0.497 e. The number of ketones is 1. The van der Waals surface area contributed by atoms with E-state index in [1.807, 2.05) is 79.7 Å². The third-order valence-electron chi connectivity index (χ3n) is 7.22. The van der Waals surface area contributed by atoms with Crippen molar-refractivity contribution in [2.75, 3.05) is 20.4 Å². The molecule has 0 bridgehead atoms. The molecule has 0 heterocycles. The SMILES string of the molecule is C=CCC/C=C\C.CCCP(Oc1ccccc1)Oc1cc(OC)ccc1C(=O)c1ccc(OC)cc1OP(Oc1ccccc1)Oc1ccccc1. The molecule has 53 heavy (non-hydrogen) atoms. The third-order valence-corrected chi connectivity index (χ3v) is 9.91. The number of hydrogen-bond acceptors (Lipinski definition) is 8. The van der Waals surface area contributed by atoms with Gasteiger partial charge in [0, 0.05) is 18.3 Å². The molecule has 0 aromatic heterocycles. The largest absolute Gasteiger partial charge is 0.530 e. The highest BCUT2D eigenvalue weighted by molar-refractivity contribution is 7.48. The Balaban J connectivity index is 0.000000815. The Bertz CT molecular complexity index is 1810. The minimum atomic E-state index is -2.06. The minimum absolute atomic E-state index is 0.223. The number of unbranched alkanes of at least 4 members (excludes halogenated alkanes) is 1. The highest BCUT2D eigenvalue weighted by atomic mass is 31.2. The smallest absolute Gasteiger partial charge is 0.497 e. The number of ether oxygens (including phenoxy) is 2. The van der Waals surface area contributed by atoms with Crippen LogP contribution < -0.4 is 32.1 Å². The zero-order chi connectivity index (χ0) is 37.7. The lowest BCUT2D eigenvalue weighted by molar-refractivity contribution is 0.103. The molecule has 0 amide bonds. The zero-order valence-electron chi connectivity index (χ0n) is 30.6. The van der Waals surface area contributed by atoms with Crippen molar-refractivity contribution in [3.8, 4) is 40.2 Å². The molecule has 1 unspecified atom stereocenters. The summed E-state index contributed by atoms with van der Waals surface area (Å²) in [5, 5.41) is 0. The van der Waals surface area contributed by atoms with Crippen molar-refractivity contribution in [2.24, 2.45) is 0 Å². The Kier molecular flexibility index (Phi) is 17.3. The highest BCUT2D eigenvalue weighted by Gasteiger charge is 2.27. The summed E-state index contributed by atoms with van der Waals surface area (Å²) in [6.45, 7) is 7.68. The van der Waals surface area contributed by atoms with Crippen LogP contribution in [0.25, 0.3) is 0 Å². The number of carbonyl (C=O) groups excluding carboxylic acids is 1. The Morgan fingerprint density at radius 2 is 1.08 bits per heavy atom. The fourth-order valence-corrected chi connectivity index (χ4v) is 6.91. The van der Waals surface area contributed by atoms with Crippen molar-refractivity contribution in [1.82, 2.24) is 0 Å². The monoisotopic (exact) mass is 752 g/mol. The van der Waals surface area contributed by atoms with E-state index in [1.165, 1.54) is 0 Å². The molecule has 0 aliphatic carbocycles. The molecule has 5 aromatic rings. The number of carbonyl (C=O) groups is 1. The summed E-state index contributed by atoms with van der Waals surface area (Å²) in [7, 11) is -0.371. The third kappa shape index (κ3) is 13.3. The molecule has 276 valence electrons. The van der Waals surface area contributed by atoms with Crippen LogP contribution in [0.4, 0.5) is 0 Å². The molecule has 0 fully saturated rings. The van der Waals surface area contributed by atoms with Crippen molar-refractivity contribution in [3.05, 3.63) is 163 Å². The fourth-order valence-electron chi connectivity index (χ4n) is 4.58. The van der Waals surface area contributed by atoms with E-state index in [0.717, 1.165) is 19.3 Å². The number of methoxy groups -OCH3 is 2. The normalized spacial score (nSPS) is 11.1. The number of benzene rings is 5. The maximum absolute atomic E-state index is 14.3. The van der Waals surface area contributed by atoms with Gasteiger partial charge in [0.25, 0.3) is 8.38 Å². The Morgan fingerprint density at radius 3 is 1.51 bits per heavy atom. The molecule has 0 N–H and O–H groups in total. The van der Waals surface area contributed by atoms with Gasteiger partial charge in [-0.05, 0) is 86.8 Å². The van der Waals surface area contributed by atoms with Crippen LogP contribution in [0.2, 0.25) is 0 Å². The molecular formula is C43H46O8P2. The predicted molar refractivity (Wildman–Crippen MR) is 215 cm³/mol. The van der Waals surface area contributed by atoms with E-state index in [2.05, 4.69) is 25.7 Å².